The molecule has 2 heterocycles. The topological polar surface area (TPSA) is 76.7 Å². The summed E-state index contributed by atoms with van der Waals surface area (Å²) in [6.45, 7) is 5.74. The molecule has 0 radical (unpaired) electrons. The van der Waals surface area contributed by atoms with Crippen LogP contribution in [0.2, 0.25) is 0 Å². The summed E-state index contributed by atoms with van der Waals surface area (Å²) in [5, 5.41) is 18.3. The molecule has 0 saturated carbocycles. The van der Waals surface area contributed by atoms with E-state index in [1.807, 2.05) is 42.2 Å². The van der Waals surface area contributed by atoms with Crippen molar-refractivity contribution in [2.24, 2.45) is 4.99 Å². The first-order valence-corrected chi connectivity index (χ1v) is 12.3. The van der Waals surface area contributed by atoms with Crippen LogP contribution in [-0.2, 0) is 0 Å². The van der Waals surface area contributed by atoms with E-state index in [1.165, 1.54) is 11.1 Å². The third-order valence-electron chi connectivity index (χ3n) is 7.16. The van der Waals surface area contributed by atoms with Gasteiger partial charge in [0.25, 0.3) is 5.91 Å². The molecule has 2 aromatic rings. The molecule has 1 amide bonds. The van der Waals surface area contributed by atoms with Gasteiger partial charge in [0.15, 0.2) is 0 Å². The monoisotopic (exact) mass is 455 g/mol. The first-order chi connectivity index (χ1) is 16.5. The lowest BCUT2D eigenvalue weighted by Crippen LogP contribution is -2.38. The van der Waals surface area contributed by atoms with Crippen molar-refractivity contribution in [1.29, 1.82) is 5.26 Å². The molecule has 5 heteroatoms. The fourth-order valence-electron chi connectivity index (χ4n) is 5.16. The largest absolute Gasteiger partial charge is 0.396 e. The van der Waals surface area contributed by atoms with Crippen LogP contribution in [0.15, 0.2) is 53.2 Å². The molecule has 0 aliphatic carbocycles. The lowest BCUT2D eigenvalue weighted by molar-refractivity contribution is 0.0713. The highest BCUT2D eigenvalue weighted by atomic mass is 16.3. The fourth-order valence-corrected chi connectivity index (χ4v) is 5.16. The van der Waals surface area contributed by atoms with Gasteiger partial charge in [-0.2, -0.15) is 5.26 Å². The van der Waals surface area contributed by atoms with Gasteiger partial charge in [-0.1, -0.05) is 18.2 Å². The molecule has 5 nitrogen and oxygen atoms in total. The summed E-state index contributed by atoms with van der Waals surface area (Å²) in [6, 6.07) is 16.1. The maximum absolute atomic E-state index is 13.4. The van der Waals surface area contributed by atoms with E-state index in [9.17, 15) is 9.90 Å². The highest BCUT2D eigenvalue weighted by Gasteiger charge is 2.25. The van der Waals surface area contributed by atoms with E-state index >= 15 is 0 Å². The third-order valence-corrected chi connectivity index (χ3v) is 7.16. The van der Waals surface area contributed by atoms with Crippen LogP contribution in [0.1, 0.15) is 84.0 Å². The molecule has 0 bridgehead atoms. The van der Waals surface area contributed by atoms with E-state index in [1.54, 1.807) is 0 Å². The second-order valence-electron chi connectivity index (χ2n) is 9.40. The minimum absolute atomic E-state index is 0.0934. The predicted octanol–water partition coefficient (Wildman–Crippen LogP) is 5.62. The van der Waals surface area contributed by atoms with Crippen LogP contribution >= 0.6 is 0 Å². The summed E-state index contributed by atoms with van der Waals surface area (Å²) in [5.74, 6) is 0.519. The van der Waals surface area contributed by atoms with Crippen molar-refractivity contribution in [2.75, 3.05) is 19.7 Å². The maximum atomic E-state index is 13.4. The Bertz CT molecular complexity index is 1140. The van der Waals surface area contributed by atoms with Crippen molar-refractivity contribution in [3.63, 3.8) is 0 Å². The number of nitriles is 1. The molecular formula is C29H33N3O2. The third kappa shape index (κ3) is 5.29. The van der Waals surface area contributed by atoms with E-state index in [-0.39, 0.29) is 12.5 Å². The van der Waals surface area contributed by atoms with Gasteiger partial charge in [-0.15, -0.1) is 0 Å². The Morgan fingerprint density at radius 2 is 1.85 bits per heavy atom. The predicted molar refractivity (Wildman–Crippen MR) is 136 cm³/mol. The van der Waals surface area contributed by atoms with Gasteiger partial charge in [-0.3, -0.25) is 9.79 Å². The number of piperidine rings is 1. The first-order valence-electron chi connectivity index (χ1n) is 12.3. The molecule has 1 saturated heterocycles. The Balaban J connectivity index is 1.49. The number of carbonyl (C=O) groups excluding carboxylic acids is 1. The van der Waals surface area contributed by atoms with Crippen molar-refractivity contribution in [1.82, 2.24) is 4.90 Å². The molecule has 0 unspecified atom stereocenters. The van der Waals surface area contributed by atoms with Gasteiger partial charge in [-0.25, -0.2) is 0 Å². The molecule has 176 valence electrons. The van der Waals surface area contributed by atoms with Crippen molar-refractivity contribution < 1.29 is 9.90 Å². The number of nitrogens with zero attached hydrogens (tertiary/aromatic N) is 3. The quantitative estimate of drug-likeness (QED) is 0.635. The molecule has 0 aromatic heterocycles. The Morgan fingerprint density at radius 1 is 1.12 bits per heavy atom. The number of benzene rings is 2. The van der Waals surface area contributed by atoms with E-state index in [4.69, 9.17) is 10.3 Å². The number of hydrogen-bond acceptors (Lipinski definition) is 4. The smallest absolute Gasteiger partial charge is 0.253 e. The van der Waals surface area contributed by atoms with Gasteiger partial charge in [-0.05, 0) is 98.4 Å². The Labute approximate surface area is 202 Å². The van der Waals surface area contributed by atoms with Crippen molar-refractivity contribution >= 4 is 17.2 Å². The summed E-state index contributed by atoms with van der Waals surface area (Å²) in [7, 11) is 0. The molecule has 2 aliphatic rings. The average Bonchev–Trinajstić information content (AvgIpc) is 3.05. The van der Waals surface area contributed by atoms with Crippen LogP contribution < -0.4 is 0 Å². The lowest BCUT2D eigenvalue weighted by atomic mass is 9.88. The number of aliphatic hydroxyl groups is 1. The first kappa shape index (κ1) is 23.9. The highest BCUT2D eigenvalue weighted by molar-refractivity contribution is 5.96. The number of amides is 1. The number of aliphatic imine (C=N–C) groups is 1. The molecule has 1 N–H and O–H groups in total. The van der Waals surface area contributed by atoms with Gasteiger partial charge >= 0.3 is 0 Å². The zero-order chi connectivity index (χ0) is 24.1. The van der Waals surface area contributed by atoms with Gasteiger partial charge in [0.1, 0.15) is 0 Å². The normalized spacial score (nSPS) is 17.2. The minimum Gasteiger partial charge on any atom is -0.396 e. The summed E-state index contributed by atoms with van der Waals surface area (Å²) in [4.78, 5) is 20.2. The number of aryl methyl sites for hydroxylation is 1. The summed E-state index contributed by atoms with van der Waals surface area (Å²) in [6.07, 6.45) is 5.34. The van der Waals surface area contributed by atoms with Gasteiger partial charge in [0.2, 0.25) is 0 Å². The number of likely N-dealkylation sites (tertiary alicyclic amines) is 1. The number of carbonyl (C=O) groups is 1. The van der Waals surface area contributed by atoms with E-state index < -0.39 is 0 Å². The van der Waals surface area contributed by atoms with E-state index in [2.05, 4.69) is 25.1 Å². The summed E-state index contributed by atoms with van der Waals surface area (Å²) < 4.78 is 0. The second-order valence-corrected chi connectivity index (χ2v) is 9.40. The molecular weight excluding hydrogens is 422 g/mol. The Kier molecular flexibility index (Phi) is 7.59. The molecule has 4 rings (SSSR count). The van der Waals surface area contributed by atoms with E-state index in [0.29, 0.717) is 17.9 Å². The van der Waals surface area contributed by atoms with Crippen LogP contribution in [-0.4, -0.2) is 41.3 Å². The zero-order valence-electron chi connectivity index (χ0n) is 20.2. The number of allylic oxidation sites excluding steroid dienone is 2. The second kappa shape index (κ2) is 10.8. The van der Waals surface area contributed by atoms with Crippen molar-refractivity contribution in [3.05, 3.63) is 76.0 Å². The van der Waals surface area contributed by atoms with Crippen LogP contribution in [0.4, 0.5) is 0 Å². The molecule has 1 fully saturated rings. The number of aliphatic hydroxyl groups excluding tert-OH is 1. The van der Waals surface area contributed by atoms with Gasteiger partial charge in [0, 0.05) is 43.1 Å². The van der Waals surface area contributed by atoms with Gasteiger partial charge < -0.3 is 10.0 Å². The standard InChI is InChI=1S/C29H33N3O2/c1-20-6-9-25(18-28(20)27-5-3-4-26(14-17-33)31-21(27)2)29(34)32-15-12-24(13-16-32)23-10-7-22(19-30)8-11-23/h6-11,18,24,33H,3-5,12-17H2,1-2H3. The zero-order valence-corrected chi connectivity index (χ0v) is 20.2. The van der Waals surface area contributed by atoms with Crippen LogP contribution in [0.3, 0.4) is 0 Å². The van der Waals surface area contributed by atoms with Crippen LogP contribution in [0.25, 0.3) is 5.57 Å². The number of rotatable bonds is 5. The molecule has 0 atom stereocenters. The summed E-state index contributed by atoms with van der Waals surface area (Å²) >= 11 is 0. The Hall–Kier alpha value is -3.23. The fraction of sp³-hybridized carbons (Fsp3) is 0.414. The highest BCUT2D eigenvalue weighted by Crippen LogP contribution is 2.33. The summed E-state index contributed by atoms with van der Waals surface area (Å²) in [5.41, 5.74) is 8.21. The molecule has 2 aromatic carbocycles. The molecule has 0 spiro atoms. The van der Waals surface area contributed by atoms with Crippen molar-refractivity contribution in [3.8, 4) is 6.07 Å². The average molecular weight is 456 g/mol. The van der Waals surface area contributed by atoms with Crippen LogP contribution in [0, 0.1) is 18.3 Å². The maximum Gasteiger partial charge on any atom is 0.253 e. The van der Waals surface area contributed by atoms with E-state index in [0.717, 1.165) is 73.3 Å². The Morgan fingerprint density at radius 3 is 2.53 bits per heavy atom. The molecule has 2 aliphatic heterocycles. The van der Waals surface area contributed by atoms with Crippen LogP contribution in [0.5, 0.6) is 0 Å². The number of hydrogen-bond donors (Lipinski definition) is 1. The molecule has 34 heavy (non-hydrogen) atoms. The SMILES string of the molecule is CC1=C(c2cc(C(=O)N3CCC(c4ccc(C#N)cc4)CC3)ccc2C)CCCC(CCO)=N1. The lowest BCUT2D eigenvalue weighted by Gasteiger charge is -2.32. The minimum atomic E-state index is 0.0934. The van der Waals surface area contributed by atoms with Gasteiger partial charge in [0.05, 0.1) is 11.6 Å². The van der Waals surface area contributed by atoms with Crippen molar-refractivity contribution in [2.45, 2.75) is 58.3 Å².